The van der Waals surface area contributed by atoms with Crippen molar-refractivity contribution in [3.8, 4) is 0 Å². The van der Waals surface area contributed by atoms with Gasteiger partial charge in [0.25, 0.3) is 11.8 Å². The quantitative estimate of drug-likeness (QED) is 0.533. The lowest BCUT2D eigenvalue weighted by atomic mass is 9.98. The van der Waals surface area contributed by atoms with Gasteiger partial charge in [-0.15, -0.1) is 0 Å². The largest absolute Gasteiger partial charge is 0.322 e. The fourth-order valence-electron chi connectivity index (χ4n) is 3.65. The number of nitrogens with one attached hydrogen (secondary N) is 1. The molecule has 1 heterocycles. The van der Waals surface area contributed by atoms with Gasteiger partial charge in [-0.05, 0) is 79.4 Å². The van der Waals surface area contributed by atoms with Crippen LogP contribution in [0.2, 0.25) is 10.0 Å². The molecule has 1 aliphatic heterocycles. The van der Waals surface area contributed by atoms with E-state index in [1.54, 1.807) is 47.4 Å². The lowest BCUT2D eigenvalue weighted by Gasteiger charge is -2.30. The summed E-state index contributed by atoms with van der Waals surface area (Å²) in [5, 5.41) is 4.02. The van der Waals surface area contributed by atoms with Crippen LogP contribution in [-0.2, 0) is 6.42 Å². The molecule has 0 saturated carbocycles. The van der Waals surface area contributed by atoms with E-state index in [0.29, 0.717) is 33.4 Å². The van der Waals surface area contributed by atoms with Gasteiger partial charge in [0.15, 0.2) is 0 Å². The maximum absolute atomic E-state index is 13.0. The molecule has 0 atom stereocenters. The number of nitrogens with zero attached hydrogens (tertiary/aromatic N) is 1. The number of anilines is 2. The van der Waals surface area contributed by atoms with Crippen molar-refractivity contribution in [2.45, 2.75) is 19.8 Å². The second-order valence-electron chi connectivity index (χ2n) is 7.33. The second kappa shape index (κ2) is 8.50. The number of benzene rings is 3. The molecule has 0 radical (unpaired) electrons. The molecule has 3 aromatic rings. The molecule has 0 bridgehead atoms. The number of hydrogen-bond acceptors (Lipinski definition) is 2. The normalized spacial score (nSPS) is 13.0. The molecule has 2 amide bonds. The first-order chi connectivity index (χ1) is 14.4. The summed E-state index contributed by atoms with van der Waals surface area (Å²) in [5.74, 6) is -0.299. The fraction of sp³-hybridized carbons (Fsp3) is 0.167. The van der Waals surface area contributed by atoms with Crippen molar-refractivity contribution < 1.29 is 9.59 Å². The lowest BCUT2D eigenvalue weighted by Crippen LogP contribution is -2.35. The summed E-state index contributed by atoms with van der Waals surface area (Å²) < 4.78 is 0. The molecule has 0 unspecified atom stereocenters. The first-order valence-corrected chi connectivity index (χ1v) is 10.5. The highest BCUT2D eigenvalue weighted by Gasteiger charge is 2.24. The Morgan fingerprint density at radius 1 is 0.933 bits per heavy atom. The summed E-state index contributed by atoms with van der Waals surface area (Å²) in [7, 11) is 0. The van der Waals surface area contributed by atoms with Crippen LogP contribution in [0.4, 0.5) is 11.4 Å². The molecule has 6 heteroatoms. The highest BCUT2D eigenvalue weighted by molar-refractivity contribution is 6.31. The molecule has 0 fully saturated rings. The van der Waals surface area contributed by atoms with E-state index in [-0.39, 0.29) is 11.8 Å². The Bertz CT molecular complexity index is 1140. The third kappa shape index (κ3) is 4.20. The monoisotopic (exact) mass is 438 g/mol. The average Bonchev–Trinajstić information content (AvgIpc) is 2.75. The van der Waals surface area contributed by atoms with E-state index in [1.165, 1.54) is 0 Å². The van der Waals surface area contributed by atoms with Crippen LogP contribution in [0.3, 0.4) is 0 Å². The van der Waals surface area contributed by atoms with Crippen LogP contribution in [0, 0.1) is 6.92 Å². The number of fused-ring (bicyclic) bond motifs is 1. The summed E-state index contributed by atoms with van der Waals surface area (Å²) in [6.45, 7) is 2.55. The molecule has 1 aliphatic rings. The predicted molar refractivity (Wildman–Crippen MR) is 122 cm³/mol. The van der Waals surface area contributed by atoms with Gasteiger partial charge in [0.2, 0.25) is 0 Å². The van der Waals surface area contributed by atoms with Gasteiger partial charge < -0.3 is 10.2 Å². The maximum Gasteiger partial charge on any atom is 0.258 e. The molecule has 4 nitrogen and oxygen atoms in total. The number of halogens is 2. The predicted octanol–water partition coefficient (Wildman–Crippen LogP) is 6.15. The Hall–Kier alpha value is -2.82. The third-order valence-corrected chi connectivity index (χ3v) is 5.70. The van der Waals surface area contributed by atoms with Crippen molar-refractivity contribution in [3.05, 3.63) is 93.0 Å². The van der Waals surface area contributed by atoms with E-state index in [9.17, 15) is 9.59 Å². The third-order valence-electron chi connectivity index (χ3n) is 5.22. The van der Waals surface area contributed by atoms with Crippen LogP contribution in [0.25, 0.3) is 0 Å². The molecule has 152 valence electrons. The Kier molecular flexibility index (Phi) is 5.80. The Morgan fingerprint density at radius 3 is 2.53 bits per heavy atom. The second-order valence-corrected chi connectivity index (χ2v) is 8.20. The summed E-state index contributed by atoms with van der Waals surface area (Å²) in [4.78, 5) is 27.6. The van der Waals surface area contributed by atoms with E-state index < -0.39 is 0 Å². The van der Waals surface area contributed by atoms with Gasteiger partial charge >= 0.3 is 0 Å². The molecule has 0 aliphatic carbocycles. The van der Waals surface area contributed by atoms with E-state index in [4.69, 9.17) is 23.2 Å². The van der Waals surface area contributed by atoms with Crippen molar-refractivity contribution in [1.82, 2.24) is 0 Å². The van der Waals surface area contributed by atoms with Crippen molar-refractivity contribution in [2.75, 3.05) is 16.8 Å². The van der Waals surface area contributed by atoms with Crippen molar-refractivity contribution in [2.24, 2.45) is 0 Å². The molecule has 4 rings (SSSR count). The number of carbonyl (C=O) groups is 2. The molecular formula is C24H20Cl2N2O2. The molecule has 1 N–H and O–H groups in total. The highest BCUT2D eigenvalue weighted by atomic mass is 35.5. The molecular weight excluding hydrogens is 419 g/mol. The minimum Gasteiger partial charge on any atom is -0.322 e. The minimum atomic E-state index is -0.207. The molecule has 30 heavy (non-hydrogen) atoms. The average molecular weight is 439 g/mol. The van der Waals surface area contributed by atoms with Gasteiger partial charge in [-0.1, -0.05) is 35.3 Å². The zero-order valence-corrected chi connectivity index (χ0v) is 17.9. The zero-order chi connectivity index (χ0) is 21.3. The SMILES string of the molecule is Cc1ccc(Cl)cc1NC(=O)c1ccc2c(c1)CCCN2C(=O)c1cccc(Cl)c1. The fourth-order valence-corrected chi connectivity index (χ4v) is 4.01. The standard InChI is InChI=1S/C24H20Cl2N2O2/c1-15-7-9-20(26)14-21(15)27-23(29)17-8-10-22-16(12-17)5-3-11-28(22)24(30)18-4-2-6-19(25)13-18/h2,4,6-10,12-14H,3,5,11H2,1H3,(H,27,29). The van der Waals surface area contributed by atoms with Crippen molar-refractivity contribution >= 4 is 46.4 Å². The van der Waals surface area contributed by atoms with Gasteiger partial charge in [0, 0.05) is 39.1 Å². The van der Waals surface area contributed by atoms with Crippen LogP contribution in [0.5, 0.6) is 0 Å². The lowest BCUT2D eigenvalue weighted by molar-refractivity contribution is 0.0984. The van der Waals surface area contributed by atoms with Gasteiger partial charge in [0.1, 0.15) is 0 Å². The minimum absolute atomic E-state index is 0.0924. The maximum atomic E-state index is 13.0. The topological polar surface area (TPSA) is 49.4 Å². The Morgan fingerprint density at radius 2 is 1.73 bits per heavy atom. The number of amides is 2. The molecule has 3 aromatic carbocycles. The van der Waals surface area contributed by atoms with E-state index in [0.717, 1.165) is 29.7 Å². The van der Waals surface area contributed by atoms with Crippen LogP contribution in [0.15, 0.2) is 60.7 Å². The number of rotatable bonds is 3. The van der Waals surface area contributed by atoms with Crippen LogP contribution < -0.4 is 10.2 Å². The smallest absolute Gasteiger partial charge is 0.258 e. The summed E-state index contributed by atoms with van der Waals surface area (Å²) in [5.41, 5.74) is 4.53. The van der Waals surface area contributed by atoms with Crippen LogP contribution in [0.1, 0.15) is 38.3 Å². The summed E-state index contributed by atoms with van der Waals surface area (Å²) in [6, 6.07) is 17.8. The highest BCUT2D eigenvalue weighted by Crippen LogP contribution is 2.30. The summed E-state index contributed by atoms with van der Waals surface area (Å²) in [6.07, 6.45) is 1.64. The number of carbonyl (C=O) groups excluding carboxylic acids is 2. The zero-order valence-electron chi connectivity index (χ0n) is 16.4. The molecule has 0 aromatic heterocycles. The van der Waals surface area contributed by atoms with E-state index in [2.05, 4.69) is 5.32 Å². The van der Waals surface area contributed by atoms with E-state index >= 15 is 0 Å². The van der Waals surface area contributed by atoms with Gasteiger partial charge in [-0.2, -0.15) is 0 Å². The summed E-state index contributed by atoms with van der Waals surface area (Å²) >= 11 is 12.1. The molecule has 0 spiro atoms. The van der Waals surface area contributed by atoms with Crippen LogP contribution in [-0.4, -0.2) is 18.4 Å². The van der Waals surface area contributed by atoms with Gasteiger partial charge in [0.05, 0.1) is 0 Å². The first kappa shape index (κ1) is 20.5. The first-order valence-electron chi connectivity index (χ1n) is 9.70. The van der Waals surface area contributed by atoms with Gasteiger partial charge in [-0.25, -0.2) is 0 Å². The van der Waals surface area contributed by atoms with Gasteiger partial charge in [-0.3, -0.25) is 9.59 Å². The number of hydrogen-bond donors (Lipinski definition) is 1. The number of aryl methyl sites for hydroxylation is 2. The molecule has 0 saturated heterocycles. The Balaban J connectivity index is 1.59. The van der Waals surface area contributed by atoms with Crippen molar-refractivity contribution in [1.29, 1.82) is 0 Å². The van der Waals surface area contributed by atoms with Crippen LogP contribution >= 0.6 is 23.2 Å². The van der Waals surface area contributed by atoms with Crippen molar-refractivity contribution in [3.63, 3.8) is 0 Å². The van der Waals surface area contributed by atoms with E-state index in [1.807, 2.05) is 25.1 Å². The Labute approximate surface area is 185 Å².